The Morgan fingerprint density at radius 3 is 2.74 bits per heavy atom. The molecule has 0 radical (unpaired) electrons. The maximum absolute atomic E-state index is 12.6. The van der Waals surface area contributed by atoms with Gasteiger partial charge in [0.15, 0.2) is 0 Å². The highest BCUT2D eigenvalue weighted by Gasteiger charge is 2.30. The first kappa shape index (κ1) is 14.8. The fourth-order valence-corrected chi connectivity index (χ4v) is 3.92. The highest BCUT2D eigenvalue weighted by atomic mass is 35.5. The minimum Gasteiger partial charge on any atom is -0.301 e. The molecule has 0 saturated carbocycles. The van der Waals surface area contributed by atoms with Crippen LogP contribution in [0.25, 0.3) is 0 Å². The van der Waals surface area contributed by atoms with Crippen molar-refractivity contribution in [3.63, 3.8) is 0 Å². The van der Waals surface area contributed by atoms with Crippen molar-refractivity contribution in [1.29, 1.82) is 0 Å². The zero-order valence-corrected chi connectivity index (χ0v) is 12.8. The van der Waals surface area contributed by atoms with Gasteiger partial charge in [0, 0.05) is 31.6 Å². The topological polar surface area (TPSA) is 40.6 Å². The molecule has 1 aliphatic rings. The van der Waals surface area contributed by atoms with Crippen LogP contribution in [0.2, 0.25) is 0 Å². The van der Waals surface area contributed by atoms with Gasteiger partial charge in [0.1, 0.15) is 0 Å². The highest BCUT2D eigenvalue weighted by molar-refractivity contribution is 7.89. The molecule has 2 rings (SSSR count). The highest BCUT2D eigenvalue weighted by Crippen LogP contribution is 2.20. The molecule has 0 spiro atoms. The average molecular weight is 303 g/mol. The van der Waals surface area contributed by atoms with E-state index in [1.807, 2.05) is 20.0 Å². The molecule has 19 heavy (non-hydrogen) atoms. The first-order valence-electron chi connectivity index (χ1n) is 6.30. The molecule has 0 aliphatic carbocycles. The molecule has 1 aliphatic heterocycles. The molecule has 4 nitrogen and oxygen atoms in total. The maximum atomic E-state index is 12.6. The number of benzene rings is 1. The van der Waals surface area contributed by atoms with Crippen LogP contribution in [0, 0.1) is 0 Å². The van der Waals surface area contributed by atoms with Crippen molar-refractivity contribution < 1.29 is 8.42 Å². The van der Waals surface area contributed by atoms with Crippen LogP contribution in [0.15, 0.2) is 29.2 Å². The third kappa shape index (κ3) is 3.11. The van der Waals surface area contributed by atoms with E-state index in [4.69, 9.17) is 11.6 Å². The zero-order chi connectivity index (χ0) is 14.0. The number of nitrogens with zero attached hydrogens (tertiary/aromatic N) is 2. The van der Waals surface area contributed by atoms with Crippen molar-refractivity contribution in [3.8, 4) is 0 Å². The molecular weight excluding hydrogens is 284 g/mol. The smallest absolute Gasteiger partial charge is 0.243 e. The lowest BCUT2D eigenvalue weighted by Crippen LogP contribution is -2.51. The minimum absolute atomic E-state index is 0.236. The number of hydrogen-bond acceptors (Lipinski definition) is 3. The predicted octanol–water partition coefficient (Wildman–Crippen LogP) is 1.75. The molecule has 1 unspecified atom stereocenters. The second-order valence-electron chi connectivity index (χ2n) is 4.97. The normalized spacial score (nSPS) is 22.6. The van der Waals surface area contributed by atoms with Gasteiger partial charge in [-0.3, -0.25) is 0 Å². The Bertz CT molecular complexity index is 547. The number of likely N-dealkylation sites (N-methyl/N-ethyl adjacent to an activating group) is 1. The first-order chi connectivity index (χ1) is 8.95. The van der Waals surface area contributed by atoms with Crippen LogP contribution in [-0.2, 0) is 15.9 Å². The van der Waals surface area contributed by atoms with Crippen molar-refractivity contribution in [3.05, 3.63) is 29.8 Å². The van der Waals surface area contributed by atoms with E-state index in [-0.39, 0.29) is 6.04 Å². The van der Waals surface area contributed by atoms with Gasteiger partial charge in [-0.2, -0.15) is 4.31 Å². The van der Waals surface area contributed by atoms with Crippen LogP contribution >= 0.6 is 11.6 Å². The van der Waals surface area contributed by atoms with Gasteiger partial charge in [-0.25, -0.2) is 8.42 Å². The number of hydrogen-bond donors (Lipinski definition) is 0. The molecule has 0 N–H and O–H groups in total. The van der Waals surface area contributed by atoms with Gasteiger partial charge in [0.2, 0.25) is 10.0 Å². The fraction of sp³-hybridized carbons (Fsp3) is 0.538. The molecule has 1 fully saturated rings. The maximum Gasteiger partial charge on any atom is 0.243 e. The second-order valence-corrected chi connectivity index (χ2v) is 7.18. The molecule has 1 saturated heterocycles. The molecule has 106 valence electrons. The van der Waals surface area contributed by atoms with Crippen molar-refractivity contribution in [2.24, 2.45) is 0 Å². The molecule has 1 heterocycles. The fourth-order valence-electron chi connectivity index (χ4n) is 2.17. The van der Waals surface area contributed by atoms with E-state index < -0.39 is 10.0 Å². The number of rotatable bonds is 3. The summed E-state index contributed by atoms with van der Waals surface area (Å²) >= 11 is 5.76. The average Bonchev–Trinajstić information content (AvgIpc) is 2.41. The SMILES string of the molecule is CC1CN(S(=O)(=O)c2cccc(CCl)c2)CCN1C. The van der Waals surface area contributed by atoms with E-state index in [0.717, 1.165) is 12.1 Å². The summed E-state index contributed by atoms with van der Waals surface area (Å²) in [5.74, 6) is 0.322. The van der Waals surface area contributed by atoms with Crippen molar-refractivity contribution >= 4 is 21.6 Å². The van der Waals surface area contributed by atoms with Gasteiger partial charge >= 0.3 is 0 Å². The Morgan fingerprint density at radius 1 is 1.37 bits per heavy atom. The number of piperazine rings is 1. The summed E-state index contributed by atoms with van der Waals surface area (Å²) in [5.41, 5.74) is 0.824. The summed E-state index contributed by atoms with van der Waals surface area (Å²) in [6.07, 6.45) is 0. The standard InChI is InChI=1S/C13H19ClN2O2S/c1-11-10-16(7-6-15(11)2)19(17,18)13-5-3-4-12(8-13)9-14/h3-5,8,11H,6-7,9-10H2,1-2H3. The Labute approximate surface area is 120 Å². The van der Waals surface area contributed by atoms with Gasteiger partial charge in [0.25, 0.3) is 0 Å². The van der Waals surface area contributed by atoms with Crippen LogP contribution < -0.4 is 0 Å². The van der Waals surface area contributed by atoms with Crippen LogP contribution in [0.4, 0.5) is 0 Å². The Kier molecular flexibility index (Phi) is 4.50. The van der Waals surface area contributed by atoms with E-state index in [0.29, 0.717) is 23.9 Å². The molecular formula is C13H19ClN2O2S. The van der Waals surface area contributed by atoms with Crippen molar-refractivity contribution in [1.82, 2.24) is 9.21 Å². The molecule has 0 amide bonds. The summed E-state index contributed by atoms with van der Waals surface area (Å²) in [4.78, 5) is 2.50. The second kappa shape index (κ2) is 5.79. The van der Waals surface area contributed by atoms with Crippen LogP contribution in [0.3, 0.4) is 0 Å². The number of halogens is 1. The Hall–Kier alpha value is -0.620. The van der Waals surface area contributed by atoms with Gasteiger partial charge in [-0.15, -0.1) is 11.6 Å². The van der Waals surface area contributed by atoms with E-state index in [1.165, 1.54) is 0 Å². The lowest BCUT2D eigenvalue weighted by atomic mass is 10.2. The van der Waals surface area contributed by atoms with Crippen molar-refractivity contribution in [2.75, 3.05) is 26.7 Å². The molecule has 1 aromatic carbocycles. The van der Waals surface area contributed by atoms with E-state index in [9.17, 15) is 8.42 Å². The minimum atomic E-state index is -3.40. The Balaban J connectivity index is 2.27. The summed E-state index contributed by atoms with van der Waals surface area (Å²) in [6.45, 7) is 3.87. The molecule has 0 bridgehead atoms. The largest absolute Gasteiger partial charge is 0.301 e. The van der Waals surface area contributed by atoms with Crippen LogP contribution in [0.5, 0.6) is 0 Å². The lowest BCUT2D eigenvalue weighted by Gasteiger charge is -2.36. The summed E-state index contributed by atoms with van der Waals surface area (Å²) in [5, 5.41) is 0. The molecule has 0 aromatic heterocycles. The van der Waals surface area contributed by atoms with Crippen molar-refractivity contribution in [2.45, 2.75) is 23.7 Å². The zero-order valence-electron chi connectivity index (χ0n) is 11.2. The summed E-state index contributed by atoms with van der Waals surface area (Å²) < 4.78 is 26.7. The van der Waals surface area contributed by atoms with E-state index in [1.54, 1.807) is 22.5 Å². The first-order valence-corrected chi connectivity index (χ1v) is 8.28. The van der Waals surface area contributed by atoms with Crippen LogP contribution in [0.1, 0.15) is 12.5 Å². The van der Waals surface area contributed by atoms with Gasteiger partial charge in [0.05, 0.1) is 4.90 Å². The molecule has 1 aromatic rings. The van der Waals surface area contributed by atoms with E-state index in [2.05, 4.69) is 4.90 Å². The third-order valence-electron chi connectivity index (χ3n) is 3.61. The predicted molar refractivity (Wildman–Crippen MR) is 76.8 cm³/mol. The Morgan fingerprint density at radius 2 is 2.11 bits per heavy atom. The number of sulfonamides is 1. The van der Waals surface area contributed by atoms with Gasteiger partial charge in [-0.1, -0.05) is 12.1 Å². The number of alkyl halides is 1. The molecule has 6 heteroatoms. The third-order valence-corrected chi connectivity index (χ3v) is 5.78. The van der Waals surface area contributed by atoms with Gasteiger partial charge < -0.3 is 4.90 Å². The molecule has 1 atom stereocenters. The quantitative estimate of drug-likeness (QED) is 0.799. The lowest BCUT2D eigenvalue weighted by molar-refractivity contribution is 0.159. The van der Waals surface area contributed by atoms with E-state index >= 15 is 0 Å². The monoisotopic (exact) mass is 302 g/mol. The summed E-state index contributed by atoms with van der Waals surface area (Å²) in [6, 6.07) is 7.10. The summed E-state index contributed by atoms with van der Waals surface area (Å²) in [7, 11) is -1.39. The van der Waals surface area contributed by atoms with Crippen LogP contribution in [-0.4, -0.2) is 50.3 Å². The van der Waals surface area contributed by atoms with Gasteiger partial charge in [-0.05, 0) is 31.7 Å².